The average molecular weight is 186 g/mol. The Bertz CT molecular complexity index is 217. The van der Waals surface area contributed by atoms with Crippen LogP contribution in [0.1, 0.15) is 13.8 Å². The van der Waals surface area contributed by atoms with Crippen LogP contribution < -0.4 is 5.32 Å². The highest BCUT2D eigenvalue weighted by Crippen LogP contribution is 2.28. The molecule has 0 aromatic heterocycles. The summed E-state index contributed by atoms with van der Waals surface area (Å²) in [6.45, 7) is 5.17. The Hall–Kier alpha value is -0.220. The maximum atomic E-state index is 11.5. The summed E-state index contributed by atoms with van der Waals surface area (Å²) in [5, 5.41) is 3.01. The lowest BCUT2D eigenvalue weighted by molar-refractivity contribution is -0.121. The van der Waals surface area contributed by atoms with Crippen LogP contribution in [0.5, 0.6) is 0 Å². The summed E-state index contributed by atoms with van der Waals surface area (Å²) in [6, 6.07) is 0.124. The summed E-state index contributed by atoms with van der Waals surface area (Å²) in [4.78, 5) is 13.7. The lowest BCUT2D eigenvalue weighted by atomic mass is 10.2. The van der Waals surface area contributed by atoms with E-state index in [9.17, 15) is 4.79 Å². The van der Waals surface area contributed by atoms with Crippen molar-refractivity contribution in [2.24, 2.45) is 0 Å². The van der Waals surface area contributed by atoms with Gasteiger partial charge in [0.1, 0.15) is 6.04 Å². The standard InChI is InChI=1S/C8H14N2OS/c1-8(2)9-7(11)6-5-12-4-3-10(6)8/h6H,3-5H2,1-2H3,(H,9,11). The zero-order chi connectivity index (χ0) is 8.77. The molecule has 0 radical (unpaired) electrons. The Morgan fingerprint density at radius 1 is 1.67 bits per heavy atom. The molecule has 2 saturated heterocycles. The van der Waals surface area contributed by atoms with Crippen LogP contribution in [0.2, 0.25) is 0 Å². The van der Waals surface area contributed by atoms with E-state index in [4.69, 9.17) is 0 Å². The fourth-order valence-corrected chi connectivity index (χ4v) is 2.99. The topological polar surface area (TPSA) is 32.3 Å². The summed E-state index contributed by atoms with van der Waals surface area (Å²) in [7, 11) is 0. The predicted octanol–water partition coefficient (Wildman–Crippen LogP) is 0.270. The van der Waals surface area contributed by atoms with Crippen LogP contribution in [-0.4, -0.2) is 40.6 Å². The third-order valence-electron chi connectivity index (χ3n) is 2.58. The molecule has 1 amide bonds. The van der Waals surface area contributed by atoms with Crippen molar-refractivity contribution in [1.82, 2.24) is 10.2 Å². The summed E-state index contributed by atoms with van der Waals surface area (Å²) < 4.78 is 0. The molecule has 68 valence electrons. The molecule has 2 aliphatic rings. The van der Waals surface area contributed by atoms with Crippen molar-refractivity contribution in [3.8, 4) is 0 Å². The third-order valence-corrected chi connectivity index (χ3v) is 3.60. The van der Waals surface area contributed by atoms with Crippen LogP contribution >= 0.6 is 11.8 Å². The minimum absolute atomic E-state index is 0.122. The van der Waals surface area contributed by atoms with Crippen molar-refractivity contribution >= 4 is 17.7 Å². The van der Waals surface area contributed by atoms with Gasteiger partial charge < -0.3 is 5.32 Å². The highest BCUT2D eigenvalue weighted by atomic mass is 32.2. The normalized spacial score (nSPS) is 34.5. The Kier molecular flexibility index (Phi) is 1.84. The molecule has 0 bridgehead atoms. The van der Waals surface area contributed by atoms with Crippen molar-refractivity contribution in [2.75, 3.05) is 18.1 Å². The van der Waals surface area contributed by atoms with Gasteiger partial charge in [-0.25, -0.2) is 0 Å². The number of rotatable bonds is 0. The van der Waals surface area contributed by atoms with Gasteiger partial charge in [-0.1, -0.05) is 0 Å². The number of hydrogen-bond donors (Lipinski definition) is 1. The monoisotopic (exact) mass is 186 g/mol. The fraction of sp³-hybridized carbons (Fsp3) is 0.875. The molecule has 2 fully saturated rings. The van der Waals surface area contributed by atoms with Crippen molar-refractivity contribution in [2.45, 2.75) is 25.6 Å². The van der Waals surface area contributed by atoms with Crippen LogP contribution in [0.3, 0.4) is 0 Å². The van der Waals surface area contributed by atoms with Gasteiger partial charge in [0.25, 0.3) is 0 Å². The van der Waals surface area contributed by atoms with Crippen LogP contribution in [-0.2, 0) is 4.79 Å². The molecule has 12 heavy (non-hydrogen) atoms. The first-order chi connectivity index (χ1) is 5.61. The minimum Gasteiger partial charge on any atom is -0.337 e. The van der Waals surface area contributed by atoms with E-state index >= 15 is 0 Å². The number of nitrogens with zero attached hydrogens (tertiary/aromatic N) is 1. The van der Waals surface area contributed by atoms with Gasteiger partial charge in [-0.2, -0.15) is 11.8 Å². The van der Waals surface area contributed by atoms with Gasteiger partial charge in [-0.15, -0.1) is 0 Å². The Morgan fingerprint density at radius 3 is 3.08 bits per heavy atom. The van der Waals surface area contributed by atoms with E-state index in [0.29, 0.717) is 0 Å². The molecule has 0 spiro atoms. The maximum absolute atomic E-state index is 11.5. The Morgan fingerprint density at radius 2 is 2.42 bits per heavy atom. The quantitative estimate of drug-likeness (QED) is 0.589. The number of fused-ring (bicyclic) bond motifs is 1. The first-order valence-electron chi connectivity index (χ1n) is 4.28. The molecule has 2 heterocycles. The summed E-state index contributed by atoms with van der Waals surface area (Å²) in [6.07, 6.45) is 0. The molecular formula is C8H14N2OS. The molecular weight excluding hydrogens is 172 g/mol. The van der Waals surface area contributed by atoms with E-state index in [0.717, 1.165) is 18.1 Å². The molecule has 2 rings (SSSR count). The van der Waals surface area contributed by atoms with E-state index < -0.39 is 0 Å². The highest BCUT2D eigenvalue weighted by Gasteiger charge is 2.45. The zero-order valence-electron chi connectivity index (χ0n) is 7.46. The summed E-state index contributed by atoms with van der Waals surface area (Å²) in [5.74, 6) is 2.30. The molecule has 3 nitrogen and oxygen atoms in total. The number of nitrogens with one attached hydrogen (secondary N) is 1. The van der Waals surface area contributed by atoms with Gasteiger partial charge in [0.05, 0.1) is 5.66 Å². The molecule has 0 saturated carbocycles. The molecule has 4 heteroatoms. The Labute approximate surface area is 76.9 Å². The molecule has 2 aliphatic heterocycles. The second-order valence-electron chi connectivity index (χ2n) is 3.83. The van der Waals surface area contributed by atoms with E-state index in [1.807, 2.05) is 11.8 Å². The third kappa shape index (κ3) is 1.13. The molecule has 1 unspecified atom stereocenters. The second-order valence-corrected chi connectivity index (χ2v) is 4.98. The van der Waals surface area contributed by atoms with Crippen LogP contribution in [0, 0.1) is 0 Å². The van der Waals surface area contributed by atoms with Gasteiger partial charge in [-0.3, -0.25) is 9.69 Å². The largest absolute Gasteiger partial charge is 0.337 e. The van der Waals surface area contributed by atoms with E-state index in [1.165, 1.54) is 0 Å². The molecule has 1 atom stereocenters. The van der Waals surface area contributed by atoms with E-state index in [-0.39, 0.29) is 17.6 Å². The molecule has 0 aromatic rings. The minimum atomic E-state index is -0.122. The Balaban J connectivity index is 2.22. The first kappa shape index (κ1) is 8.38. The average Bonchev–Trinajstić information content (AvgIpc) is 2.25. The molecule has 1 N–H and O–H groups in total. The van der Waals surface area contributed by atoms with Crippen LogP contribution in [0.4, 0.5) is 0 Å². The summed E-state index contributed by atoms with van der Waals surface area (Å²) in [5.41, 5.74) is -0.122. The van der Waals surface area contributed by atoms with Gasteiger partial charge in [0, 0.05) is 18.1 Å². The van der Waals surface area contributed by atoms with Crippen molar-refractivity contribution in [1.29, 1.82) is 0 Å². The SMILES string of the molecule is CC1(C)NC(=O)C2CSCCN21. The fourth-order valence-electron chi connectivity index (χ4n) is 1.95. The lowest BCUT2D eigenvalue weighted by Gasteiger charge is -2.35. The van der Waals surface area contributed by atoms with E-state index in [2.05, 4.69) is 24.1 Å². The molecule has 0 aliphatic carbocycles. The number of thioether (sulfide) groups is 1. The second kappa shape index (κ2) is 2.64. The lowest BCUT2D eigenvalue weighted by Crippen LogP contribution is -2.50. The zero-order valence-corrected chi connectivity index (χ0v) is 8.28. The first-order valence-corrected chi connectivity index (χ1v) is 5.43. The number of hydrogen-bond acceptors (Lipinski definition) is 3. The highest BCUT2D eigenvalue weighted by molar-refractivity contribution is 7.99. The van der Waals surface area contributed by atoms with Gasteiger partial charge in [-0.05, 0) is 13.8 Å². The van der Waals surface area contributed by atoms with Crippen LogP contribution in [0.25, 0.3) is 0 Å². The predicted molar refractivity (Wildman–Crippen MR) is 50.0 cm³/mol. The number of amides is 1. The van der Waals surface area contributed by atoms with E-state index in [1.54, 1.807) is 0 Å². The molecule has 0 aromatic carbocycles. The van der Waals surface area contributed by atoms with Gasteiger partial charge >= 0.3 is 0 Å². The van der Waals surface area contributed by atoms with Crippen molar-refractivity contribution < 1.29 is 4.79 Å². The van der Waals surface area contributed by atoms with Gasteiger partial charge in [0.2, 0.25) is 5.91 Å². The van der Waals surface area contributed by atoms with Crippen molar-refractivity contribution in [3.05, 3.63) is 0 Å². The number of carbonyl (C=O) groups excluding carboxylic acids is 1. The number of carbonyl (C=O) groups is 1. The van der Waals surface area contributed by atoms with Crippen molar-refractivity contribution in [3.63, 3.8) is 0 Å². The van der Waals surface area contributed by atoms with Crippen LogP contribution in [0.15, 0.2) is 0 Å². The van der Waals surface area contributed by atoms with Gasteiger partial charge in [0.15, 0.2) is 0 Å². The summed E-state index contributed by atoms with van der Waals surface area (Å²) >= 11 is 1.87. The maximum Gasteiger partial charge on any atom is 0.239 e. The smallest absolute Gasteiger partial charge is 0.239 e.